The lowest BCUT2D eigenvalue weighted by Gasteiger charge is -2.23. The topological polar surface area (TPSA) is 109 Å². The highest BCUT2D eigenvalue weighted by molar-refractivity contribution is 6.04. The number of fused-ring (bicyclic) bond motifs is 1. The lowest BCUT2D eigenvalue weighted by Crippen LogP contribution is -2.41. The normalized spacial score (nSPS) is 13.9. The molecule has 1 aromatic heterocycles. The van der Waals surface area contributed by atoms with Crippen molar-refractivity contribution in [2.24, 2.45) is 4.99 Å². The molecule has 1 aliphatic rings. The number of benzene rings is 2. The summed E-state index contributed by atoms with van der Waals surface area (Å²) in [6.07, 6.45) is 1.03. The number of carbonyl (C=O) groups excluding carboxylic acids is 1. The third-order valence-corrected chi connectivity index (χ3v) is 5.07. The monoisotopic (exact) mass is 430 g/mol. The second-order valence-electron chi connectivity index (χ2n) is 7.53. The SMILES string of the molecule is C=C1NNC(=NCCCNC(=O)CCn2nnc(-c3ccc(C)cc3)n2)c2ccccc21. The van der Waals surface area contributed by atoms with Gasteiger partial charge >= 0.3 is 0 Å². The lowest BCUT2D eigenvalue weighted by atomic mass is 10.0. The van der Waals surface area contributed by atoms with Crippen LogP contribution in [-0.4, -0.2) is 45.0 Å². The van der Waals surface area contributed by atoms with Gasteiger partial charge in [0, 0.05) is 36.2 Å². The molecule has 0 atom stereocenters. The molecular formula is C23H26N8O. The lowest BCUT2D eigenvalue weighted by molar-refractivity contribution is -0.121. The highest BCUT2D eigenvalue weighted by Gasteiger charge is 2.16. The van der Waals surface area contributed by atoms with E-state index >= 15 is 0 Å². The maximum absolute atomic E-state index is 12.1. The third kappa shape index (κ3) is 5.18. The molecule has 2 heterocycles. The van der Waals surface area contributed by atoms with E-state index < -0.39 is 0 Å². The fourth-order valence-electron chi connectivity index (χ4n) is 3.29. The van der Waals surface area contributed by atoms with E-state index in [2.05, 4.69) is 43.2 Å². The van der Waals surface area contributed by atoms with Crippen LogP contribution in [0.25, 0.3) is 17.1 Å². The summed E-state index contributed by atoms with van der Waals surface area (Å²) in [7, 11) is 0. The van der Waals surface area contributed by atoms with Crippen LogP contribution in [0.2, 0.25) is 0 Å². The molecule has 164 valence electrons. The van der Waals surface area contributed by atoms with E-state index in [4.69, 9.17) is 0 Å². The molecule has 0 bridgehead atoms. The molecule has 32 heavy (non-hydrogen) atoms. The number of aromatic nitrogens is 4. The predicted octanol–water partition coefficient (Wildman–Crippen LogP) is 2.07. The summed E-state index contributed by atoms with van der Waals surface area (Å²) in [4.78, 5) is 18.2. The van der Waals surface area contributed by atoms with Crippen LogP contribution < -0.4 is 16.2 Å². The average molecular weight is 431 g/mol. The van der Waals surface area contributed by atoms with Gasteiger partial charge in [-0.15, -0.1) is 10.2 Å². The van der Waals surface area contributed by atoms with Gasteiger partial charge in [-0.1, -0.05) is 60.7 Å². The van der Waals surface area contributed by atoms with Crippen molar-refractivity contribution in [3.8, 4) is 11.4 Å². The summed E-state index contributed by atoms with van der Waals surface area (Å²) in [5.74, 6) is 1.28. The molecular weight excluding hydrogens is 404 g/mol. The Morgan fingerprint density at radius 2 is 1.91 bits per heavy atom. The van der Waals surface area contributed by atoms with Crippen LogP contribution in [0.1, 0.15) is 29.5 Å². The number of tetrazole rings is 1. The smallest absolute Gasteiger partial charge is 0.221 e. The first kappa shape index (κ1) is 21.2. The molecule has 2 aromatic carbocycles. The molecule has 1 amide bonds. The number of amides is 1. The Morgan fingerprint density at radius 1 is 1.12 bits per heavy atom. The summed E-state index contributed by atoms with van der Waals surface area (Å²) < 4.78 is 0. The second-order valence-corrected chi connectivity index (χ2v) is 7.53. The largest absolute Gasteiger partial charge is 0.356 e. The standard InChI is InChI=1S/C23H26N8O/c1-16-8-10-18(11-9-16)22-28-30-31(29-22)15-12-21(32)24-13-5-14-25-23-20-7-4-3-6-19(20)17(2)26-27-23/h3-4,6-11,26H,2,5,12-15H2,1H3,(H,24,32)(H,25,27). The van der Waals surface area contributed by atoms with Crippen LogP contribution in [0.4, 0.5) is 0 Å². The van der Waals surface area contributed by atoms with Gasteiger partial charge in [0.1, 0.15) is 5.84 Å². The zero-order chi connectivity index (χ0) is 22.3. The highest BCUT2D eigenvalue weighted by atomic mass is 16.1. The van der Waals surface area contributed by atoms with Crippen molar-refractivity contribution in [3.63, 3.8) is 0 Å². The molecule has 3 aromatic rings. The van der Waals surface area contributed by atoms with E-state index in [1.807, 2.05) is 55.5 Å². The van der Waals surface area contributed by atoms with Gasteiger partial charge in [-0.05, 0) is 18.6 Å². The quantitative estimate of drug-likeness (QED) is 0.472. The Morgan fingerprint density at radius 3 is 2.72 bits per heavy atom. The van der Waals surface area contributed by atoms with Crippen LogP contribution in [0.5, 0.6) is 0 Å². The number of nitrogens with zero attached hydrogens (tertiary/aromatic N) is 5. The fourth-order valence-corrected chi connectivity index (χ4v) is 3.29. The number of aliphatic imine (C=N–C) groups is 1. The molecule has 0 saturated heterocycles. The summed E-state index contributed by atoms with van der Waals surface area (Å²) in [5.41, 5.74) is 11.0. The van der Waals surface area contributed by atoms with Gasteiger partial charge in [-0.3, -0.25) is 20.6 Å². The Kier molecular flexibility index (Phi) is 6.54. The van der Waals surface area contributed by atoms with Gasteiger partial charge in [0.25, 0.3) is 0 Å². The molecule has 4 rings (SSSR count). The number of amidine groups is 1. The fraction of sp³-hybridized carbons (Fsp3) is 0.261. The van der Waals surface area contributed by atoms with Crippen LogP contribution >= 0.6 is 0 Å². The summed E-state index contributed by atoms with van der Waals surface area (Å²) in [6, 6.07) is 15.9. The number of rotatable bonds is 8. The van der Waals surface area contributed by atoms with Gasteiger partial charge in [0.15, 0.2) is 0 Å². The number of hydrazine groups is 1. The van der Waals surface area contributed by atoms with Gasteiger partial charge in [-0.2, -0.15) is 4.80 Å². The van der Waals surface area contributed by atoms with Crippen molar-refractivity contribution in [2.75, 3.05) is 13.1 Å². The van der Waals surface area contributed by atoms with Gasteiger partial charge < -0.3 is 5.32 Å². The van der Waals surface area contributed by atoms with Gasteiger partial charge in [0.05, 0.1) is 12.2 Å². The summed E-state index contributed by atoms with van der Waals surface area (Å²) in [6.45, 7) is 7.54. The number of carbonyl (C=O) groups is 1. The van der Waals surface area contributed by atoms with E-state index in [0.29, 0.717) is 31.9 Å². The first-order valence-electron chi connectivity index (χ1n) is 10.6. The van der Waals surface area contributed by atoms with E-state index in [1.165, 1.54) is 10.4 Å². The molecule has 3 N–H and O–H groups in total. The van der Waals surface area contributed by atoms with Crippen molar-refractivity contribution in [3.05, 3.63) is 71.8 Å². The van der Waals surface area contributed by atoms with Crippen molar-refractivity contribution in [1.82, 2.24) is 36.4 Å². The Bertz CT molecular complexity index is 1130. The summed E-state index contributed by atoms with van der Waals surface area (Å²) in [5, 5.41) is 15.4. The van der Waals surface area contributed by atoms with Crippen LogP contribution in [0, 0.1) is 6.92 Å². The first-order chi connectivity index (χ1) is 15.6. The molecule has 9 nitrogen and oxygen atoms in total. The van der Waals surface area contributed by atoms with E-state index in [9.17, 15) is 4.79 Å². The minimum atomic E-state index is -0.0501. The number of hydrogen-bond acceptors (Lipinski definition) is 6. The zero-order valence-corrected chi connectivity index (χ0v) is 18.0. The number of aryl methyl sites for hydroxylation is 2. The van der Waals surface area contributed by atoms with Crippen LogP contribution in [0.15, 0.2) is 60.1 Å². The summed E-state index contributed by atoms with van der Waals surface area (Å²) >= 11 is 0. The Balaban J connectivity index is 1.19. The van der Waals surface area contributed by atoms with Crippen molar-refractivity contribution in [1.29, 1.82) is 0 Å². The van der Waals surface area contributed by atoms with E-state index in [0.717, 1.165) is 34.6 Å². The maximum atomic E-state index is 12.1. The molecule has 0 aliphatic carbocycles. The molecule has 0 spiro atoms. The van der Waals surface area contributed by atoms with E-state index in [1.54, 1.807) is 0 Å². The number of hydrogen-bond donors (Lipinski definition) is 3. The Hall–Kier alpha value is -4.01. The minimum absolute atomic E-state index is 0.0501. The molecule has 0 saturated carbocycles. The molecule has 0 unspecified atom stereocenters. The molecule has 0 radical (unpaired) electrons. The first-order valence-corrected chi connectivity index (χ1v) is 10.6. The zero-order valence-electron chi connectivity index (χ0n) is 18.0. The third-order valence-electron chi connectivity index (χ3n) is 5.07. The average Bonchev–Trinajstić information content (AvgIpc) is 3.28. The van der Waals surface area contributed by atoms with Crippen LogP contribution in [0.3, 0.4) is 0 Å². The van der Waals surface area contributed by atoms with Gasteiger partial charge in [-0.25, -0.2) is 0 Å². The van der Waals surface area contributed by atoms with Crippen molar-refractivity contribution in [2.45, 2.75) is 26.3 Å². The second kappa shape index (κ2) is 9.86. The van der Waals surface area contributed by atoms with E-state index in [-0.39, 0.29) is 5.91 Å². The predicted molar refractivity (Wildman–Crippen MR) is 123 cm³/mol. The molecule has 9 heteroatoms. The van der Waals surface area contributed by atoms with Gasteiger partial charge in [0.2, 0.25) is 11.7 Å². The molecule has 1 aliphatic heterocycles. The highest BCUT2D eigenvalue weighted by Crippen LogP contribution is 2.18. The molecule has 0 fully saturated rings. The maximum Gasteiger partial charge on any atom is 0.221 e. The van der Waals surface area contributed by atoms with Crippen molar-refractivity contribution >= 4 is 17.4 Å². The van der Waals surface area contributed by atoms with Crippen LogP contribution in [-0.2, 0) is 11.3 Å². The van der Waals surface area contributed by atoms with Crippen molar-refractivity contribution < 1.29 is 4.79 Å². The Labute approximate surface area is 186 Å². The number of nitrogens with one attached hydrogen (secondary N) is 3. The minimum Gasteiger partial charge on any atom is -0.356 e.